The molecule has 2 amide bonds. The maximum atomic E-state index is 11.7. The smallest absolute Gasteiger partial charge is 0.269 e. The number of hydrogen-bond donors (Lipinski definition) is 2. The normalized spacial score (nSPS) is 11.2. The zero-order valence-corrected chi connectivity index (χ0v) is 13.4. The lowest BCUT2D eigenvalue weighted by atomic mass is 10.2. The number of sulfone groups is 1. The van der Waals surface area contributed by atoms with E-state index < -0.39 is 32.7 Å². The summed E-state index contributed by atoms with van der Waals surface area (Å²) >= 11 is 3.24. The first-order valence-electron chi connectivity index (χ1n) is 5.78. The molecule has 0 unspecified atom stereocenters. The van der Waals surface area contributed by atoms with E-state index in [1.54, 1.807) is 24.3 Å². The molecular weight excluding hydrogens is 348 g/mol. The largest absolute Gasteiger partial charge is 0.272 e. The Bertz CT molecular complexity index is 596. The molecule has 0 saturated heterocycles. The van der Waals surface area contributed by atoms with Crippen LogP contribution in [0, 0.1) is 0 Å². The Balaban J connectivity index is 2.53. The molecular formula is C12H15BrN2O4S. The molecule has 0 atom stereocenters. The van der Waals surface area contributed by atoms with Crippen LogP contribution in [0.15, 0.2) is 28.7 Å². The molecule has 0 spiro atoms. The van der Waals surface area contributed by atoms with Crippen LogP contribution < -0.4 is 10.9 Å². The third-order valence-corrected chi connectivity index (χ3v) is 5.10. The van der Waals surface area contributed by atoms with Crippen LogP contribution in [0.5, 0.6) is 0 Å². The summed E-state index contributed by atoms with van der Waals surface area (Å²) in [5, 5.41) is -0.643. The molecule has 0 saturated carbocycles. The zero-order chi connectivity index (χ0) is 15.3. The Morgan fingerprint density at radius 2 is 1.70 bits per heavy atom. The van der Waals surface area contributed by atoms with Crippen LogP contribution in [-0.2, 0) is 14.6 Å². The number of carbonyl (C=O) groups is 2. The van der Waals surface area contributed by atoms with Gasteiger partial charge in [0.1, 0.15) is 5.75 Å². The topological polar surface area (TPSA) is 92.3 Å². The molecule has 0 aromatic heterocycles. The van der Waals surface area contributed by atoms with Crippen LogP contribution in [0.4, 0.5) is 0 Å². The molecule has 0 aliphatic heterocycles. The molecule has 0 radical (unpaired) electrons. The summed E-state index contributed by atoms with van der Waals surface area (Å²) in [5.41, 5.74) is 4.59. The number of halogens is 1. The van der Waals surface area contributed by atoms with Gasteiger partial charge in [-0.05, 0) is 38.1 Å². The lowest BCUT2D eigenvalue weighted by Crippen LogP contribution is -2.44. The van der Waals surface area contributed by atoms with Gasteiger partial charge < -0.3 is 0 Å². The van der Waals surface area contributed by atoms with Crippen molar-refractivity contribution in [2.45, 2.75) is 19.1 Å². The highest BCUT2D eigenvalue weighted by Crippen LogP contribution is 2.10. The summed E-state index contributed by atoms with van der Waals surface area (Å²) < 4.78 is 23.8. The van der Waals surface area contributed by atoms with Crippen LogP contribution in [0.2, 0.25) is 0 Å². The predicted octanol–water partition coefficient (Wildman–Crippen LogP) is 1.03. The van der Waals surface area contributed by atoms with Crippen LogP contribution in [0.1, 0.15) is 24.2 Å². The SMILES string of the molecule is CC(C)S(=O)(=O)CC(=O)NNC(=O)c1ccc(Br)cc1. The van der Waals surface area contributed by atoms with Crippen molar-refractivity contribution in [1.82, 2.24) is 10.9 Å². The van der Waals surface area contributed by atoms with Gasteiger partial charge in [-0.2, -0.15) is 0 Å². The average Bonchev–Trinajstić information content (AvgIpc) is 2.36. The van der Waals surface area contributed by atoms with Gasteiger partial charge in [-0.3, -0.25) is 20.4 Å². The van der Waals surface area contributed by atoms with E-state index in [0.29, 0.717) is 5.56 Å². The van der Waals surface area contributed by atoms with Crippen molar-refractivity contribution < 1.29 is 18.0 Å². The second kappa shape index (κ2) is 6.85. The highest BCUT2D eigenvalue weighted by Gasteiger charge is 2.20. The summed E-state index contributed by atoms with van der Waals surface area (Å²) in [6, 6.07) is 6.49. The van der Waals surface area contributed by atoms with E-state index >= 15 is 0 Å². The molecule has 8 heteroatoms. The Morgan fingerprint density at radius 3 is 2.20 bits per heavy atom. The molecule has 1 rings (SSSR count). The third kappa shape index (κ3) is 4.93. The van der Waals surface area contributed by atoms with E-state index in [1.807, 2.05) is 0 Å². The summed E-state index contributed by atoms with van der Waals surface area (Å²) in [4.78, 5) is 23.1. The maximum absolute atomic E-state index is 11.7. The van der Waals surface area contributed by atoms with Crippen molar-refractivity contribution >= 4 is 37.6 Å². The molecule has 0 fully saturated rings. The van der Waals surface area contributed by atoms with Crippen molar-refractivity contribution in [1.29, 1.82) is 0 Å². The van der Waals surface area contributed by atoms with Crippen LogP contribution >= 0.6 is 15.9 Å². The number of hydrazine groups is 1. The number of amides is 2. The zero-order valence-electron chi connectivity index (χ0n) is 11.0. The predicted molar refractivity (Wildman–Crippen MR) is 78.7 cm³/mol. The standard InChI is InChI=1S/C12H15BrN2O4S/c1-8(2)20(18,19)7-11(16)14-15-12(17)9-3-5-10(13)6-4-9/h3-6,8H,7H2,1-2H3,(H,14,16)(H,15,17). The van der Waals surface area contributed by atoms with Gasteiger partial charge >= 0.3 is 0 Å². The highest BCUT2D eigenvalue weighted by molar-refractivity contribution is 9.10. The van der Waals surface area contributed by atoms with Gasteiger partial charge in [0.25, 0.3) is 11.8 Å². The van der Waals surface area contributed by atoms with E-state index in [1.165, 1.54) is 13.8 Å². The van der Waals surface area contributed by atoms with Crippen molar-refractivity contribution in [2.24, 2.45) is 0 Å². The fourth-order valence-electron chi connectivity index (χ4n) is 1.19. The number of hydrogen-bond acceptors (Lipinski definition) is 4. The molecule has 2 N–H and O–H groups in total. The molecule has 0 heterocycles. The minimum absolute atomic E-state index is 0.347. The van der Waals surface area contributed by atoms with E-state index in [4.69, 9.17) is 0 Å². The number of carbonyl (C=O) groups excluding carboxylic acids is 2. The molecule has 0 aliphatic carbocycles. The summed E-state index contributed by atoms with van der Waals surface area (Å²) in [5.74, 6) is -1.96. The second-order valence-electron chi connectivity index (χ2n) is 4.37. The van der Waals surface area contributed by atoms with Crippen LogP contribution in [0.25, 0.3) is 0 Å². The fourth-order valence-corrected chi connectivity index (χ4v) is 2.22. The van der Waals surface area contributed by atoms with Crippen molar-refractivity contribution in [3.8, 4) is 0 Å². The van der Waals surface area contributed by atoms with E-state index in [-0.39, 0.29) is 0 Å². The first kappa shape index (κ1) is 16.6. The lowest BCUT2D eigenvalue weighted by molar-refractivity contribution is -0.119. The Kier molecular flexibility index (Phi) is 5.70. The van der Waals surface area contributed by atoms with E-state index in [0.717, 1.165) is 4.47 Å². The number of benzene rings is 1. The minimum Gasteiger partial charge on any atom is -0.272 e. The molecule has 1 aromatic carbocycles. The monoisotopic (exact) mass is 362 g/mol. The first-order chi connectivity index (χ1) is 9.22. The quantitative estimate of drug-likeness (QED) is 0.782. The van der Waals surface area contributed by atoms with Gasteiger partial charge in [0.05, 0.1) is 5.25 Å². The second-order valence-corrected chi connectivity index (χ2v) is 7.84. The number of nitrogens with one attached hydrogen (secondary N) is 2. The Labute approximate surface area is 126 Å². The van der Waals surface area contributed by atoms with Gasteiger partial charge in [0.15, 0.2) is 9.84 Å². The minimum atomic E-state index is -3.49. The van der Waals surface area contributed by atoms with Crippen molar-refractivity contribution in [2.75, 3.05) is 5.75 Å². The molecule has 1 aromatic rings. The van der Waals surface area contributed by atoms with Gasteiger partial charge in [-0.25, -0.2) is 8.42 Å². The Hall–Kier alpha value is -1.41. The summed E-state index contributed by atoms with van der Waals surface area (Å²) in [6.07, 6.45) is 0. The molecule has 0 bridgehead atoms. The van der Waals surface area contributed by atoms with E-state index in [2.05, 4.69) is 26.8 Å². The molecule has 0 aliphatic rings. The maximum Gasteiger partial charge on any atom is 0.269 e. The van der Waals surface area contributed by atoms with Crippen molar-refractivity contribution in [3.63, 3.8) is 0 Å². The van der Waals surface area contributed by atoms with Crippen LogP contribution in [-0.4, -0.2) is 31.2 Å². The fraction of sp³-hybridized carbons (Fsp3) is 0.333. The third-order valence-electron chi connectivity index (χ3n) is 2.47. The summed E-state index contributed by atoms with van der Waals surface area (Å²) in [6.45, 7) is 2.98. The summed E-state index contributed by atoms with van der Waals surface area (Å²) in [7, 11) is -3.49. The van der Waals surface area contributed by atoms with E-state index in [9.17, 15) is 18.0 Å². The molecule has 20 heavy (non-hydrogen) atoms. The van der Waals surface area contributed by atoms with Gasteiger partial charge in [0.2, 0.25) is 0 Å². The molecule has 6 nitrogen and oxygen atoms in total. The van der Waals surface area contributed by atoms with Gasteiger partial charge in [-0.1, -0.05) is 15.9 Å². The van der Waals surface area contributed by atoms with Gasteiger partial charge in [-0.15, -0.1) is 0 Å². The van der Waals surface area contributed by atoms with Crippen LogP contribution in [0.3, 0.4) is 0 Å². The van der Waals surface area contributed by atoms with Gasteiger partial charge in [0, 0.05) is 10.0 Å². The lowest BCUT2D eigenvalue weighted by Gasteiger charge is -2.09. The Morgan fingerprint density at radius 1 is 1.15 bits per heavy atom. The average molecular weight is 363 g/mol. The first-order valence-corrected chi connectivity index (χ1v) is 8.29. The molecule has 110 valence electrons. The van der Waals surface area contributed by atoms with Crippen molar-refractivity contribution in [3.05, 3.63) is 34.3 Å². The number of rotatable bonds is 4. The highest BCUT2D eigenvalue weighted by atomic mass is 79.9.